The standard InChI is InChI=1S/C11H13ClFN/c1-8(12)7-14-9(2)10-3-5-11(13)6-4-10/h3-6,9,14H,1,7H2,2H3/t9-/m0/s1. The van der Waals surface area contributed by atoms with E-state index < -0.39 is 0 Å². The Bertz CT molecular complexity index is 308. The van der Waals surface area contributed by atoms with Crippen LogP contribution >= 0.6 is 11.6 Å². The number of hydrogen-bond acceptors (Lipinski definition) is 1. The van der Waals surface area contributed by atoms with Crippen molar-refractivity contribution in [3.8, 4) is 0 Å². The molecule has 1 atom stereocenters. The second-order valence-electron chi connectivity index (χ2n) is 3.17. The molecule has 0 saturated carbocycles. The van der Waals surface area contributed by atoms with Gasteiger partial charge in [-0.15, -0.1) is 0 Å². The van der Waals surface area contributed by atoms with Crippen molar-refractivity contribution in [2.24, 2.45) is 0 Å². The fourth-order valence-electron chi connectivity index (χ4n) is 1.13. The van der Waals surface area contributed by atoms with E-state index in [1.165, 1.54) is 12.1 Å². The van der Waals surface area contributed by atoms with E-state index in [-0.39, 0.29) is 11.9 Å². The summed E-state index contributed by atoms with van der Waals surface area (Å²) in [5, 5.41) is 3.73. The summed E-state index contributed by atoms with van der Waals surface area (Å²) in [6.45, 7) is 6.13. The lowest BCUT2D eigenvalue weighted by Crippen LogP contribution is -2.19. The van der Waals surface area contributed by atoms with Gasteiger partial charge in [-0.3, -0.25) is 0 Å². The molecule has 0 aliphatic rings. The van der Waals surface area contributed by atoms with Crippen LogP contribution in [0.1, 0.15) is 18.5 Å². The molecule has 1 rings (SSSR count). The van der Waals surface area contributed by atoms with Crippen molar-refractivity contribution in [3.63, 3.8) is 0 Å². The molecule has 1 N–H and O–H groups in total. The maximum atomic E-state index is 12.6. The van der Waals surface area contributed by atoms with Crippen molar-refractivity contribution in [3.05, 3.63) is 47.3 Å². The van der Waals surface area contributed by atoms with E-state index >= 15 is 0 Å². The van der Waals surface area contributed by atoms with E-state index in [1.54, 1.807) is 12.1 Å². The van der Waals surface area contributed by atoms with Crippen LogP contribution in [0.25, 0.3) is 0 Å². The van der Waals surface area contributed by atoms with Crippen molar-refractivity contribution >= 4 is 11.6 Å². The van der Waals surface area contributed by atoms with Gasteiger partial charge < -0.3 is 5.32 Å². The van der Waals surface area contributed by atoms with Gasteiger partial charge in [-0.1, -0.05) is 30.3 Å². The predicted octanol–water partition coefficient (Wildman–Crippen LogP) is 3.23. The molecule has 0 unspecified atom stereocenters. The van der Waals surface area contributed by atoms with E-state index in [1.807, 2.05) is 6.92 Å². The van der Waals surface area contributed by atoms with Crippen LogP contribution < -0.4 is 5.32 Å². The molecule has 0 aliphatic heterocycles. The van der Waals surface area contributed by atoms with Gasteiger partial charge in [-0.2, -0.15) is 0 Å². The van der Waals surface area contributed by atoms with Crippen molar-refractivity contribution in [2.45, 2.75) is 13.0 Å². The predicted molar refractivity (Wildman–Crippen MR) is 57.8 cm³/mol. The Labute approximate surface area is 88.6 Å². The molecule has 14 heavy (non-hydrogen) atoms. The third-order valence-corrected chi connectivity index (χ3v) is 2.10. The van der Waals surface area contributed by atoms with Gasteiger partial charge in [0.05, 0.1) is 0 Å². The molecule has 0 amide bonds. The topological polar surface area (TPSA) is 12.0 Å². The summed E-state index contributed by atoms with van der Waals surface area (Å²) in [6.07, 6.45) is 0. The fraction of sp³-hybridized carbons (Fsp3) is 0.273. The normalized spacial score (nSPS) is 12.5. The lowest BCUT2D eigenvalue weighted by molar-refractivity contribution is 0.604. The molecule has 0 bridgehead atoms. The maximum absolute atomic E-state index is 12.6. The number of nitrogens with one attached hydrogen (secondary N) is 1. The summed E-state index contributed by atoms with van der Waals surface area (Å²) in [4.78, 5) is 0. The molecule has 0 radical (unpaired) electrons. The van der Waals surface area contributed by atoms with Crippen LogP contribution in [0.5, 0.6) is 0 Å². The largest absolute Gasteiger partial charge is 0.305 e. The molecule has 1 aromatic rings. The van der Waals surface area contributed by atoms with Crippen LogP contribution in [-0.2, 0) is 0 Å². The highest BCUT2D eigenvalue weighted by molar-refractivity contribution is 6.29. The van der Waals surface area contributed by atoms with Crippen LogP contribution in [0.4, 0.5) is 4.39 Å². The Morgan fingerprint density at radius 2 is 2.07 bits per heavy atom. The Kier molecular flexibility index (Phi) is 4.11. The first-order chi connectivity index (χ1) is 6.59. The number of rotatable bonds is 4. The number of hydrogen-bond donors (Lipinski definition) is 1. The molecule has 0 spiro atoms. The van der Waals surface area contributed by atoms with E-state index in [0.717, 1.165) is 5.56 Å². The highest BCUT2D eigenvalue weighted by atomic mass is 35.5. The van der Waals surface area contributed by atoms with Gasteiger partial charge in [-0.05, 0) is 24.6 Å². The SMILES string of the molecule is C=C(Cl)CN[C@@H](C)c1ccc(F)cc1. The highest BCUT2D eigenvalue weighted by Crippen LogP contribution is 2.13. The summed E-state index contributed by atoms with van der Waals surface area (Å²) in [5.74, 6) is -0.220. The monoisotopic (exact) mass is 213 g/mol. The summed E-state index contributed by atoms with van der Waals surface area (Å²) in [7, 11) is 0. The van der Waals surface area contributed by atoms with Crippen LogP contribution in [0, 0.1) is 5.82 Å². The van der Waals surface area contributed by atoms with Crippen molar-refractivity contribution < 1.29 is 4.39 Å². The van der Waals surface area contributed by atoms with Crippen LogP contribution in [0.15, 0.2) is 35.9 Å². The quantitative estimate of drug-likeness (QED) is 0.810. The lowest BCUT2D eigenvalue weighted by Gasteiger charge is -2.13. The average molecular weight is 214 g/mol. The molecule has 0 fully saturated rings. The van der Waals surface area contributed by atoms with Crippen molar-refractivity contribution in [1.29, 1.82) is 0 Å². The first-order valence-corrected chi connectivity index (χ1v) is 4.79. The first-order valence-electron chi connectivity index (χ1n) is 4.41. The second-order valence-corrected chi connectivity index (χ2v) is 3.71. The third-order valence-electron chi connectivity index (χ3n) is 1.97. The van der Waals surface area contributed by atoms with Crippen LogP contribution in [-0.4, -0.2) is 6.54 Å². The zero-order valence-corrected chi connectivity index (χ0v) is 8.81. The molecular formula is C11H13ClFN. The molecule has 0 aromatic heterocycles. The molecule has 3 heteroatoms. The minimum absolute atomic E-state index is 0.145. The summed E-state index contributed by atoms with van der Waals surface area (Å²) in [6, 6.07) is 6.55. The van der Waals surface area contributed by atoms with Gasteiger partial charge in [0.1, 0.15) is 5.82 Å². The zero-order valence-electron chi connectivity index (χ0n) is 8.06. The molecule has 76 valence electrons. The van der Waals surface area contributed by atoms with E-state index in [0.29, 0.717) is 11.6 Å². The van der Waals surface area contributed by atoms with E-state index in [9.17, 15) is 4.39 Å². The van der Waals surface area contributed by atoms with Gasteiger partial charge >= 0.3 is 0 Å². The lowest BCUT2D eigenvalue weighted by atomic mass is 10.1. The number of benzene rings is 1. The Morgan fingerprint density at radius 1 is 1.50 bits per heavy atom. The summed E-state index contributed by atoms with van der Waals surface area (Å²) >= 11 is 5.62. The van der Waals surface area contributed by atoms with Gasteiger partial charge in [-0.25, -0.2) is 4.39 Å². The Hall–Kier alpha value is -0.860. The average Bonchev–Trinajstić information content (AvgIpc) is 2.15. The number of halogens is 2. The minimum atomic E-state index is -0.220. The molecule has 0 heterocycles. The van der Waals surface area contributed by atoms with Crippen molar-refractivity contribution in [1.82, 2.24) is 5.32 Å². The van der Waals surface area contributed by atoms with Gasteiger partial charge in [0.25, 0.3) is 0 Å². The molecule has 0 saturated heterocycles. The van der Waals surface area contributed by atoms with Crippen molar-refractivity contribution in [2.75, 3.05) is 6.54 Å². The zero-order chi connectivity index (χ0) is 10.6. The van der Waals surface area contributed by atoms with Gasteiger partial charge in [0.2, 0.25) is 0 Å². The van der Waals surface area contributed by atoms with Crippen LogP contribution in [0.2, 0.25) is 0 Å². The molecule has 1 aromatic carbocycles. The van der Waals surface area contributed by atoms with E-state index in [2.05, 4.69) is 11.9 Å². The maximum Gasteiger partial charge on any atom is 0.123 e. The molecule has 0 aliphatic carbocycles. The summed E-state index contributed by atoms with van der Waals surface area (Å²) in [5.41, 5.74) is 1.03. The van der Waals surface area contributed by atoms with E-state index in [4.69, 9.17) is 11.6 Å². The second kappa shape index (κ2) is 5.13. The van der Waals surface area contributed by atoms with Crippen LogP contribution in [0.3, 0.4) is 0 Å². The van der Waals surface area contributed by atoms with Gasteiger partial charge in [0.15, 0.2) is 0 Å². The Balaban J connectivity index is 2.56. The molecular weight excluding hydrogens is 201 g/mol. The summed E-state index contributed by atoms with van der Waals surface area (Å²) < 4.78 is 12.6. The third kappa shape index (κ3) is 3.48. The Morgan fingerprint density at radius 3 is 2.57 bits per heavy atom. The fourth-order valence-corrected chi connectivity index (χ4v) is 1.21. The minimum Gasteiger partial charge on any atom is -0.305 e. The first kappa shape index (κ1) is 11.2. The highest BCUT2D eigenvalue weighted by Gasteiger charge is 2.04. The smallest absolute Gasteiger partial charge is 0.123 e. The van der Waals surface area contributed by atoms with Gasteiger partial charge in [0, 0.05) is 17.6 Å². The molecule has 1 nitrogen and oxygen atoms in total.